The number of hydrogen-bond acceptors (Lipinski definition) is 3. The largest absolute Gasteiger partial charge is 0.197 e. The van der Waals surface area contributed by atoms with Gasteiger partial charge in [0.2, 0.25) is 0 Å². The second-order valence-electron chi connectivity index (χ2n) is 2.95. The molecule has 0 aliphatic heterocycles. The summed E-state index contributed by atoms with van der Waals surface area (Å²) in [5.41, 5.74) is 2.95. The summed E-state index contributed by atoms with van der Waals surface area (Å²) in [7, 11) is 0. The average Bonchev–Trinajstić information content (AvgIpc) is 2.33. The summed E-state index contributed by atoms with van der Waals surface area (Å²) in [6.07, 6.45) is 0. The number of fused-ring (bicyclic) bond motifs is 1. The van der Waals surface area contributed by atoms with Gasteiger partial charge in [0.25, 0.3) is 0 Å². The van der Waals surface area contributed by atoms with Crippen LogP contribution in [0.2, 0.25) is 0 Å². The molecule has 0 fully saturated rings. The lowest BCUT2D eigenvalue weighted by atomic mass is 10.3. The molecule has 0 aliphatic carbocycles. The van der Waals surface area contributed by atoms with Gasteiger partial charge in [0.1, 0.15) is 0 Å². The Hall–Kier alpha value is -1.45. The Morgan fingerprint density at radius 1 is 1.17 bits per heavy atom. The third-order valence-electron chi connectivity index (χ3n) is 1.83. The molecule has 0 aliphatic rings. The minimum Gasteiger partial charge on any atom is -0.197 e. The molecular formula is C8H10N4. The van der Waals surface area contributed by atoms with Crippen LogP contribution in [-0.2, 0) is 0 Å². The van der Waals surface area contributed by atoms with E-state index in [0.29, 0.717) is 0 Å². The van der Waals surface area contributed by atoms with Gasteiger partial charge in [0.15, 0.2) is 11.5 Å². The molecule has 0 bridgehead atoms. The average molecular weight is 162 g/mol. The lowest BCUT2D eigenvalue weighted by Gasteiger charge is -1.98. The van der Waals surface area contributed by atoms with Crippen molar-refractivity contribution in [1.29, 1.82) is 0 Å². The van der Waals surface area contributed by atoms with Crippen molar-refractivity contribution >= 4 is 5.65 Å². The van der Waals surface area contributed by atoms with E-state index < -0.39 is 0 Å². The van der Waals surface area contributed by atoms with Crippen LogP contribution in [0.15, 0.2) is 6.07 Å². The Morgan fingerprint density at radius 3 is 2.67 bits per heavy atom. The summed E-state index contributed by atoms with van der Waals surface area (Å²) >= 11 is 0. The lowest BCUT2D eigenvalue weighted by Crippen LogP contribution is -1.98. The van der Waals surface area contributed by atoms with Crippen LogP contribution in [0.5, 0.6) is 0 Å². The SMILES string of the molecule is Cc1cc(C)c2nnc(C)n2n1. The smallest absolute Gasteiger partial charge is 0.180 e. The van der Waals surface area contributed by atoms with Crippen LogP contribution in [0.1, 0.15) is 17.1 Å². The molecule has 12 heavy (non-hydrogen) atoms. The van der Waals surface area contributed by atoms with Gasteiger partial charge < -0.3 is 0 Å². The lowest BCUT2D eigenvalue weighted by molar-refractivity contribution is 0.847. The first-order valence-corrected chi connectivity index (χ1v) is 3.85. The van der Waals surface area contributed by atoms with E-state index in [-0.39, 0.29) is 0 Å². The molecule has 0 spiro atoms. The van der Waals surface area contributed by atoms with Crippen LogP contribution in [-0.4, -0.2) is 19.8 Å². The van der Waals surface area contributed by atoms with Crippen LogP contribution < -0.4 is 0 Å². The van der Waals surface area contributed by atoms with Crippen molar-refractivity contribution in [3.05, 3.63) is 23.1 Å². The van der Waals surface area contributed by atoms with Crippen molar-refractivity contribution in [3.63, 3.8) is 0 Å². The molecule has 4 nitrogen and oxygen atoms in total. The van der Waals surface area contributed by atoms with Gasteiger partial charge in [-0.1, -0.05) is 0 Å². The Kier molecular flexibility index (Phi) is 1.36. The Bertz CT molecular complexity index is 430. The van der Waals surface area contributed by atoms with E-state index in [1.165, 1.54) is 0 Å². The molecule has 0 unspecified atom stereocenters. The third-order valence-corrected chi connectivity index (χ3v) is 1.83. The highest BCUT2D eigenvalue weighted by molar-refractivity contribution is 5.45. The zero-order valence-corrected chi connectivity index (χ0v) is 7.37. The molecule has 2 aromatic heterocycles. The van der Waals surface area contributed by atoms with Gasteiger partial charge in [-0.15, -0.1) is 10.2 Å². The zero-order chi connectivity index (χ0) is 8.72. The van der Waals surface area contributed by atoms with E-state index in [9.17, 15) is 0 Å². The molecule has 62 valence electrons. The summed E-state index contributed by atoms with van der Waals surface area (Å²) in [6.45, 7) is 5.87. The standard InChI is InChI=1S/C8H10N4/c1-5-4-6(2)11-12-7(3)9-10-8(5)12/h4H,1-3H3. The maximum atomic E-state index is 4.29. The number of aromatic nitrogens is 4. The van der Waals surface area contributed by atoms with Gasteiger partial charge in [-0.2, -0.15) is 9.61 Å². The molecule has 0 radical (unpaired) electrons. The van der Waals surface area contributed by atoms with Crippen LogP contribution in [0.3, 0.4) is 0 Å². The van der Waals surface area contributed by atoms with Crippen LogP contribution in [0.25, 0.3) is 5.65 Å². The Balaban J connectivity index is 2.92. The normalized spacial score (nSPS) is 10.9. The van der Waals surface area contributed by atoms with Crippen molar-refractivity contribution in [2.24, 2.45) is 0 Å². The van der Waals surface area contributed by atoms with E-state index in [0.717, 1.165) is 22.7 Å². The van der Waals surface area contributed by atoms with Crippen molar-refractivity contribution in [1.82, 2.24) is 19.8 Å². The quantitative estimate of drug-likeness (QED) is 0.581. The van der Waals surface area contributed by atoms with Gasteiger partial charge in [0.05, 0.1) is 5.69 Å². The summed E-state index contributed by atoms with van der Waals surface area (Å²) < 4.78 is 1.77. The second-order valence-corrected chi connectivity index (χ2v) is 2.95. The molecule has 0 saturated carbocycles. The fourth-order valence-electron chi connectivity index (χ4n) is 1.29. The van der Waals surface area contributed by atoms with Crippen molar-refractivity contribution in [3.8, 4) is 0 Å². The van der Waals surface area contributed by atoms with Gasteiger partial charge >= 0.3 is 0 Å². The van der Waals surface area contributed by atoms with Crippen LogP contribution in [0, 0.1) is 20.8 Å². The van der Waals surface area contributed by atoms with E-state index in [4.69, 9.17) is 0 Å². The predicted octanol–water partition coefficient (Wildman–Crippen LogP) is 1.05. The first-order valence-electron chi connectivity index (χ1n) is 3.85. The third kappa shape index (κ3) is 0.879. The summed E-state index contributed by atoms with van der Waals surface area (Å²) in [4.78, 5) is 0. The highest BCUT2D eigenvalue weighted by atomic mass is 15.4. The minimum atomic E-state index is 0.830. The number of nitrogens with zero attached hydrogens (tertiary/aromatic N) is 4. The van der Waals surface area contributed by atoms with E-state index in [2.05, 4.69) is 15.3 Å². The first kappa shape index (κ1) is 7.21. The zero-order valence-electron chi connectivity index (χ0n) is 7.37. The molecule has 0 amide bonds. The molecular weight excluding hydrogens is 152 g/mol. The van der Waals surface area contributed by atoms with Crippen molar-refractivity contribution in [2.75, 3.05) is 0 Å². The number of rotatable bonds is 0. The van der Waals surface area contributed by atoms with Crippen LogP contribution >= 0.6 is 0 Å². The topological polar surface area (TPSA) is 43.1 Å². The number of hydrogen-bond donors (Lipinski definition) is 0. The predicted molar refractivity (Wildman–Crippen MR) is 45.0 cm³/mol. The second kappa shape index (κ2) is 2.27. The maximum Gasteiger partial charge on any atom is 0.180 e. The van der Waals surface area contributed by atoms with E-state index >= 15 is 0 Å². The van der Waals surface area contributed by atoms with Crippen LogP contribution in [0.4, 0.5) is 0 Å². The Morgan fingerprint density at radius 2 is 1.92 bits per heavy atom. The molecule has 0 N–H and O–H groups in total. The summed E-state index contributed by atoms with van der Waals surface area (Å²) in [6, 6.07) is 2.00. The Labute approximate surface area is 70.2 Å². The summed E-state index contributed by atoms with van der Waals surface area (Å²) in [5, 5.41) is 12.2. The minimum absolute atomic E-state index is 0.830. The van der Waals surface area contributed by atoms with Crippen molar-refractivity contribution < 1.29 is 0 Å². The first-order chi connectivity index (χ1) is 5.68. The van der Waals surface area contributed by atoms with E-state index in [1.807, 2.05) is 26.8 Å². The molecule has 2 aromatic rings. The summed E-state index contributed by atoms with van der Waals surface area (Å²) in [5.74, 6) is 0.830. The van der Waals surface area contributed by atoms with E-state index in [1.54, 1.807) is 4.52 Å². The number of aryl methyl sites for hydroxylation is 3. The van der Waals surface area contributed by atoms with Crippen molar-refractivity contribution in [2.45, 2.75) is 20.8 Å². The molecule has 4 heteroatoms. The molecule has 2 rings (SSSR count). The van der Waals surface area contributed by atoms with Gasteiger partial charge in [-0.25, -0.2) is 0 Å². The van der Waals surface area contributed by atoms with Gasteiger partial charge in [-0.3, -0.25) is 0 Å². The maximum absolute atomic E-state index is 4.29. The molecule has 0 saturated heterocycles. The van der Waals surface area contributed by atoms with Gasteiger partial charge in [0, 0.05) is 0 Å². The molecule has 0 aromatic carbocycles. The highest BCUT2D eigenvalue weighted by Crippen LogP contribution is 2.07. The van der Waals surface area contributed by atoms with Gasteiger partial charge in [-0.05, 0) is 32.4 Å². The fraction of sp³-hybridized carbons (Fsp3) is 0.375. The highest BCUT2D eigenvalue weighted by Gasteiger charge is 2.04. The fourth-order valence-corrected chi connectivity index (χ4v) is 1.29. The monoisotopic (exact) mass is 162 g/mol. The molecule has 2 heterocycles. The molecule has 0 atom stereocenters.